The smallest absolute Gasteiger partial charge is 0.272 e. The first kappa shape index (κ1) is 17.3. The van der Waals surface area contributed by atoms with Gasteiger partial charge in [-0.2, -0.15) is 0 Å². The lowest BCUT2D eigenvalue weighted by Gasteiger charge is -2.21. The summed E-state index contributed by atoms with van der Waals surface area (Å²) in [6, 6.07) is 8.45. The van der Waals surface area contributed by atoms with Gasteiger partial charge in [0.15, 0.2) is 11.5 Å². The molecule has 2 aliphatic heterocycles. The number of para-hydroxylation sites is 1. The van der Waals surface area contributed by atoms with E-state index in [4.69, 9.17) is 9.47 Å². The molecule has 0 saturated carbocycles. The Morgan fingerprint density at radius 1 is 1.11 bits per heavy atom. The van der Waals surface area contributed by atoms with Gasteiger partial charge < -0.3 is 14.8 Å². The third-order valence-electron chi connectivity index (χ3n) is 5.00. The van der Waals surface area contributed by atoms with Crippen molar-refractivity contribution in [1.29, 1.82) is 0 Å². The summed E-state index contributed by atoms with van der Waals surface area (Å²) in [7, 11) is -3.90. The van der Waals surface area contributed by atoms with Gasteiger partial charge in [-0.3, -0.25) is 4.98 Å². The molecular weight excluding hydrogens is 378 g/mol. The number of nitrogens with one attached hydrogen (secondary N) is 1. The van der Waals surface area contributed by atoms with Gasteiger partial charge in [0.25, 0.3) is 10.0 Å². The molecule has 28 heavy (non-hydrogen) atoms. The first-order valence-corrected chi connectivity index (χ1v) is 10.6. The largest absolute Gasteiger partial charge is 0.486 e. The molecule has 0 saturated heterocycles. The zero-order chi connectivity index (χ0) is 19.1. The van der Waals surface area contributed by atoms with Crippen LogP contribution >= 0.6 is 0 Å². The topological polar surface area (TPSA) is 82.5 Å². The first-order chi connectivity index (χ1) is 13.7. The van der Waals surface area contributed by atoms with Crippen molar-refractivity contribution in [1.82, 2.24) is 14.3 Å². The molecule has 0 spiro atoms. The molecule has 0 fully saturated rings. The summed E-state index contributed by atoms with van der Waals surface area (Å²) in [4.78, 5) is 4.56. The molecule has 3 aromatic rings. The quantitative estimate of drug-likeness (QED) is 0.731. The molecule has 0 unspecified atom stereocenters. The van der Waals surface area contributed by atoms with Gasteiger partial charge in [0.2, 0.25) is 0 Å². The van der Waals surface area contributed by atoms with Crippen LogP contribution in [0.4, 0.5) is 0 Å². The molecule has 0 amide bonds. The Kier molecular flexibility index (Phi) is 4.10. The fourth-order valence-electron chi connectivity index (χ4n) is 3.69. The van der Waals surface area contributed by atoms with Crippen LogP contribution in [-0.2, 0) is 10.0 Å². The van der Waals surface area contributed by atoms with Crippen molar-refractivity contribution in [2.75, 3.05) is 26.3 Å². The van der Waals surface area contributed by atoms with E-state index < -0.39 is 10.0 Å². The molecule has 5 rings (SSSR count). The monoisotopic (exact) mass is 397 g/mol. The van der Waals surface area contributed by atoms with Crippen LogP contribution in [0.3, 0.4) is 0 Å². The van der Waals surface area contributed by atoms with E-state index in [1.54, 1.807) is 42.7 Å². The summed E-state index contributed by atoms with van der Waals surface area (Å²) in [6.07, 6.45) is 6.28. The van der Waals surface area contributed by atoms with Gasteiger partial charge in [0.1, 0.15) is 18.1 Å². The lowest BCUT2D eigenvalue weighted by atomic mass is 10.0. The number of nitrogens with zero attached hydrogens (tertiary/aromatic N) is 2. The van der Waals surface area contributed by atoms with Gasteiger partial charge in [-0.05, 0) is 42.8 Å². The van der Waals surface area contributed by atoms with Crippen molar-refractivity contribution in [2.24, 2.45) is 0 Å². The molecule has 144 valence electrons. The van der Waals surface area contributed by atoms with Crippen LogP contribution in [0.1, 0.15) is 12.0 Å². The summed E-state index contributed by atoms with van der Waals surface area (Å²) >= 11 is 0. The van der Waals surface area contributed by atoms with Crippen molar-refractivity contribution in [2.45, 2.75) is 11.3 Å². The molecule has 0 aliphatic carbocycles. The SMILES string of the molecule is O=S(=O)(c1cccc2c1OCCO2)n1cc(C2=CCNCC2)c2ncccc21. The lowest BCUT2D eigenvalue weighted by molar-refractivity contribution is 0.167. The number of pyridine rings is 1. The maximum Gasteiger partial charge on any atom is 0.272 e. The number of benzene rings is 1. The van der Waals surface area contributed by atoms with Crippen molar-refractivity contribution in [3.8, 4) is 11.5 Å². The Hall–Kier alpha value is -2.84. The Bertz CT molecular complexity index is 1200. The van der Waals surface area contributed by atoms with Gasteiger partial charge in [-0.15, -0.1) is 0 Å². The van der Waals surface area contributed by atoms with Crippen molar-refractivity contribution < 1.29 is 17.9 Å². The maximum atomic E-state index is 13.6. The highest BCUT2D eigenvalue weighted by Gasteiger charge is 2.29. The van der Waals surface area contributed by atoms with Gasteiger partial charge in [0.05, 0.1) is 11.0 Å². The van der Waals surface area contributed by atoms with Crippen LogP contribution in [0.15, 0.2) is 53.7 Å². The second kappa shape index (κ2) is 6.65. The summed E-state index contributed by atoms with van der Waals surface area (Å²) in [5.41, 5.74) is 3.18. The second-order valence-corrected chi connectivity index (χ2v) is 8.46. The van der Waals surface area contributed by atoms with Crippen LogP contribution in [0.2, 0.25) is 0 Å². The average Bonchev–Trinajstić information content (AvgIpc) is 3.14. The summed E-state index contributed by atoms with van der Waals surface area (Å²) in [5.74, 6) is 0.713. The number of hydrogen-bond acceptors (Lipinski definition) is 6. The van der Waals surface area contributed by atoms with Gasteiger partial charge in [-0.25, -0.2) is 12.4 Å². The number of fused-ring (bicyclic) bond motifs is 2. The number of rotatable bonds is 3. The van der Waals surface area contributed by atoms with Crippen LogP contribution < -0.4 is 14.8 Å². The molecule has 1 N–H and O–H groups in total. The molecule has 1 aromatic carbocycles. The zero-order valence-electron chi connectivity index (χ0n) is 15.1. The summed E-state index contributed by atoms with van der Waals surface area (Å²) in [5, 5.41) is 3.28. The predicted molar refractivity (Wildman–Crippen MR) is 105 cm³/mol. The Morgan fingerprint density at radius 3 is 2.86 bits per heavy atom. The molecule has 8 heteroatoms. The highest BCUT2D eigenvalue weighted by atomic mass is 32.2. The fourth-order valence-corrected chi connectivity index (χ4v) is 5.19. The maximum absolute atomic E-state index is 13.6. The highest BCUT2D eigenvalue weighted by Crippen LogP contribution is 2.39. The second-order valence-electron chi connectivity index (χ2n) is 6.68. The van der Waals surface area contributed by atoms with E-state index in [0.29, 0.717) is 30.0 Å². The normalized spacial score (nSPS) is 16.8. The molecule has 0 bridgehead atoms. The van der Waals surface area contributed by atoms with Crippen LogP contribution in [0, 0.1) is 0 Å². The minimum atomic E-state index is -3.90. The average molecular weight is 397 g/mol. The Balaban J connectivity index is 1.73. The molecule has 4 heterocycles. The highest BCUT2D eigenvalue weighted by molar-refractivity contribution is 7.90. The van der Waals surface area contributed by atoms with E-state index in [-0.39, 0.29) is 10.6 Å². The molecule has 2 aliphatic rings. The van der Waals surface area contributed by atoms with E-state index in [1.165, 1.54) is 3.97 Å². The first-order valence-electron chi connectivity index (χ1n) is 9.16. The van der Waals surface area contributed by atoms with Gasteiger partial charge >= 0.3 is 0 Å². The third-order valence-corrected chi connectivity index (χ3v) is 6.70. The Morgan fingerprint density at radius 2 is 2.00 bits per heavy atom. The minimum Gasteiger partial charge on any atom is -0.486 e. The van der Waals surface area contributed by atoms with Crippen molar-refractivity contribution in [3.63, 3.8) is 0 Å². The van der Waals surface area contributed by atoms with Crippen LogP contribution in [0.5, 0.6) is 11.5 Å². The van der Waals surface area contributed by atoms with E-state index in [1.807, 2.05) is 0 Å². The van der Waals surface area contributed by atoms with E-state index in [0.717, 1.165) is 30.6 Å². The zero-order valence-corrected chi connectivity index (χ0v) is 15.9. The molecule has 0 radical (unpaired) electrons. The molecule has 2 aromatic heterocycles. The van der Waals surface area contributed by atoms with E-state index in [2.05, 4.69) is 16.4 Å². The standard InChI is InChI=1S/C20H19N3O4S/c24-28(25,18-5-1-4-17-20(18)27-12-11-26-17)23-13-15(14-6-9-21-10-7-14)19-16(23)3-2-8-22-19/h1-6,8,13,21H,7,9-12H2. The fraction of sp³-hybridized carbons (Fsp3) is 0.250. The number of ether oxygens (including phenoxy) is 2. The van der Waals surface area contributed by atoms with Crippen molar-refractivity contribution >= 4 is 26.6 Å². The minimum absolute atomic E-state index is 0.0938. The molecule has 0 atom stereocenters. The molecular formula is C20H19N3O4S. The number of hydrogen-bond donors (Lipinski definition) is 1. The third kappa shape index (κ3) is 2.68. The summed E-state index contributed by atoms with van der Waals surface area (Å²) < 4.78 is 39.7. The van der Waals surface area contributed by atoms with Crippen molar-refractivity contribution in [3.05, 3.63) is 54.4 Å². The van der Waals surface area contributed by atoms with E-state index >= 15 is 0 Å². The lowest BCUT2D eigenvalue weighted by Crippen LogP contribution is -2.20. The molecule has 7 nitrogen and oxygen atoms in total. The van der Waals surface area contributed by atoms with Gasteiger partial charge in [0, 0.05) is 24.5 Å². The van der Waals surface area contributed by atoms with E-state index in [9.17, 15) is 8.42 Å². The number of aromatic nitrogens is 2. The van der Waals surface area contributed by atoms with Crippen LogP contribution in [-0.4, -0.2) is 43.7 Å². The Labute approximate surface area is 162 Å². The van der Waals surface area contributed by atoms with Gasteiger partial charge in [-0.1, -0.05) is 12.1 Å². The summed E-state index contributed by atoms with van der Waals surface area (Å²) in [6.45, 7) is 2.34. The van der Waals surface area contributed by atoms with Crippen LogP contribution in [0.25, 0.3) is 16.6 Å². The predicted octanol–water partition coefficient (Wildman–Crippen LogP) is 2.42.